The Bertz CT molecular complexity index is 1200. The Hall–Kier alpha value is -2.35. The molecule has 1 amide bonds. The lowest BCUT2D eigenvalue weighted by Crippen LogP contribution is -2.35. The predicted molar refractivity (Wildman–Crippen MR) is 123 cm³/mol. The number of carbonyl (C=O) groups excluding carboxylic acids is 1. The van der Waals surface area contributed by atoms with Crippen LogP contribution in [-0.2, 0) is 21.4 Å². The average molecular weight is 460 g/mol. The van der Waals surface area contributed by atoms with E-state index in [0.29, 0.717) is 29.6 Å². The minimum atomic E-state index is -3.49. The number of halogens is 1. The summed E-state index contributed by atoms with van der Waals surface area (Å²) in [5.41, 5.74) is 1.67. The Balaban J connectivity index is 1.52. The molecule has 4 rings (SSSR count). The maximum atomic E-state index is 13.0. The number of nitrogens with one attached hydrogen (secondary N) is 1. The van der Waals surface area contributed by atoms with E-state index in [9.17, 15) is 13.2 Å². The van der Waals surface area contributed by atoms with Crippen LogP contribution in [0.25, 0.3) is 10.9 Å². The predicted octanol–water partition coefficient (Wildman–Crippen LogP) is 4.35. The van der Waals surface area contributed by atoms with Gasteiger partial charge in [-0.05, 0) is 55.7 Å². The first-order valence-electron chi connectivity index (χ1n) is 10.5. The number of hydrogen-bond acceptors (Lipinski definition) is 3. The molecule has 0 saturated carbocycles. The number of aromatic nitrogens is 1. The SMILES string of the molecule is C[C@H](C(=O)NCc1ccccc1Cl)n1ccc2cc(S(=O)(=O)N3CCCCC3)ccc21. The number of sulfonamides is 1. The monoisotopic (exact) mass is 459 g/mol. The molecule has 164 valence electrons. The van der Waals surface area contributed by atoms with E-state index in [1.165, 1.54) is 0 Å². The van der Waals surface area contributed by atoms with Gasteiger partial charge in [-0.25, -0.2) is 8.42 Å². The molecule has 0 radical (unpaired) electrons. The lowest BCUT2D eigenvalue weighted by molar-refractivity contribution is -0.123. The van der Waals surface area contributed by atoms with E-state index in [2.05, 4.69) is 5.32 Å². The van der Waals surface area contributed by atoms with Crippen LogP contribution in [0.3, 0.4) is 0 Å². The molecule has 1 aromatic heterocycles. The van der Waals surface area contributed by atoms with Crippen molar-refractivity contribution in [2.45, 2.75) is 43.7 Å². The standard InChI is InChI=1S/C23H26ClN3O3S/c1-17(23(28)25-16-19-7-3-4-8-21(19)24)27-14-11-18-15-20(9-10-22(18)27)31(29,30)26-12-5-2-6-13-26/h3-4,7-11,14-15,17H,2,5-6,12-13,16H2,1H3,(H,25,28)/t17-/m1/s1. The lowest BCUT2D eigenvalue weighted by atomic mass is 10.2. The first-order valence-corrected chi connectivity index (χ1v) is 12.3. The molecule has 0 unspecified atom stereocenters. The Labute approximate surface area is 187 Å². The second-order valence-corrected chi connectivity index (χ2v) is 10.2. The van der Waals surface area contributed by atoms with Crippen LogP contribution < -0.4 is 5.32 Å². The van der Waals surface area contributed by atoms with Crippen molar-refractivity contribution in [1.29, 1.82) is 0 Å². The number of hydrogen-bond donors (Lipinski definition) is 1. The number of fused-ring (bicyclic) bond motifs is 1. The molecule has 3 aromatic rings. The van der Waals surface area contributed by atoms with Crippen molar-refractivity contribution in [2.75, 3.05) is 13.1 Å². The summed E-state index contributed by atoms with van der Waals surface area (Å²) >= 11 is 6.16. The molecule has 2 heterocycles. The Kier molecular flexibility index (Phi) is 6.36. The van der Waals surface area contributed by atoms with E-state index in [1.807, 2.05) is 42.0 Å². The first kappa shape index (κ1) is 21.9. The maximum Gasteiger partial charge on any atom is 0.243 e. The van der Waals surface area contributed by atoms with Gasteiger partial charge in [0.25, 0.3) is 0 Å². The topological polar surface area (TPSA) is 71.4 Å². The van der Waals surface area contributed by atoms with Crippen LogP contribution >= 0.6 is 11.6 Å². The van der Waals surface area contributed by atoms with Gasteiger partial charge in [-0.3, -0.25) is 4.79 Å². The molecule has 2 aromatic carbocycles. The zero-order chi connectivity index (χ0) is 22.0. The second-order valence-electron chi connectivity index (χ2n) is 7.89. The molecule has 1 N–H and O–H groups in total. The number of amides is 1. The highest BCUT2D eigenvalue weighted by atomic mass is 35.5. The summed E-state index contributed by atoms with van der Waals surface area (Å²) in [6.45, 7) is 3.31. The molecule has 6 nitrogen and oxygen atoms in total. The van der Waals surface area contributed by atoms with Crippen molar-refractivity contribution in [2.24, 2.45) is 0 Å². The number of piperidine rings is 1. The van der Waals surface area contributed by atoms with Crippen LogP contribution in [0.2, 0.25) is 5.02 Å². The highest BCUT2D eigenvalue weighted by molar-refractivity contribution is 7.89. The number of nitrogens with zero attached hydrogens (tertiary/aromatic N) is 2. The van der Waals surface area contributed by atoms with E-state index in [0.717, 1.165) is 35.7 Å². The van der Waals surface area contributed by atoms with Gasteiger partial charge in [0, 0.05) is 41.8 Å². The van der Waals surface area contributed by atoms with Crippen LogP contribution in [0.1, 0.15) is 37.8 Å². The molecular weight excluding hydrogens is 434 g/mol. The number of rotatable bonds is 6. The van der Waals surface area contributed by atoms with Gasteiger partial charge in [0.15, 0.2) is 0 Å². The fourth-order valence-corrected chi connectivity index (χ4v) is 5.75. The van der Waals surface area contributed by atoms with E-state index >= 15 is 0 Å². The van der Waals surface area contributed by atoms with Gasteiger partial charge in [0.1, 0.15) is 6.04 Å². The van der Waals surface area contributed by atoms with Crippen LogP contribution in [0.15, 0.2) is 59.6 Å². The molecule has 0 aliphatic carbocycles. The highest BCUT2D eigenvalue weighted by Gasteiger charge is 2.26. The minimum Gasteiger partial charge on any atom is -0.350 e. The van der Waals surface area contributed by atoms with E-state index in [-0.39, 0.29) is 5.91 Å². The van der Waals surface area contributed by atoms with Crippen molar-refractivity contribution >= 4 is 38.4 Å². The van der Waals surface area contributed by atoms with Gasteiger partial charge >= 0.3 is 0 Å². The number of benzene rings is 2. The van der Waals surface area contributed by atoms with Crippen LogP contribution in [-0.4, -0.2) is 36.3 Å². The summed E-state index contributed by atoms with van der Waals surface area (Å²) in [5.74, 6) is -0.137. The third-order valence-corrected chi connectivity index (χ3v) is 8.12. The molecule has 0 spiro atoms. The van der Waals surface area contributed by atoms with Crippen LogP contribution in [0, 0.1) is 0 Å². The van der Waals surface area contributed by atoms with Gasteiger partial charge < -0.3 is 9.88 Å². The molecule has 8 heteroatoms. The largest absolute Gasteiger partial charge is 0.350 e. The molecule has 1 aliphatic rings. The van der Waals surface area contributed by atoms with Gasteiger partial charge in [-0.2, -0.15) is 4.31 Å². The smallest absolute Gasteiger partial charge is 0.243 e. The highest BCUT2D eigenvalue weighted by Crippen LogP contribution is 2.27. The molecule has 0 bridgehead atoms. The van der Waals surface area contributed by atoms with Crippen LogP contribution in [0.4, 0.5) is 0 Å². The normalized spacial score (nSPS) is 16.3. The summed E-state index contributed by atoms with van der Waals surface area (Å²) in [4.78, 5) is 13.0. The quantitative estimate of drug-likeness (QED) is 0.595. The number of carbonyl (C=O) groups is 1. The van der Waals surface area contributed by atoms with Gasteiger partial charge in [-0.1, -0.05) is 36.2 Å². The zero-order valence-electron chi connectivity index (χ0n) is 17.4. The average Bonchev–Trinajstić information content (AvgIpc) is 3.21. The summed E-state index contributed by atoms with van der Waals surface area (Å²) in [6, 6.07) is 13.9. The van der Waals surface area contributed by atoms with Gasteiger partial charge in [-0.15, -0.1) is 0 Å². The minimum absolute atomic E-state index is 0.137. The molecular formula is C23H26ClN3O3S. The second kappa shape index (κ2) is 9.02. The van der Waals surface area contributed by atoms with Crippen LogP contribution in [0.5, 0.6) is 0 Å². The third-order valence-electron chi connectivity index (χ3n) is 5.85. The lowest BCUT2D eigenvalue weighted by Gasteiger charge is -2.26. The van der Waals surface area contributed by atoms with Crippen molar-refractivity contribution < 1.29 is 13.2 Å². The fraction of sp³-hybridized carbons (Fsp3) is 0.348. The Morgan fingerprint density at radius 2 is 1.84 bits per heavy atom. The summed E-state index contributed by atoms with van der Waals surface area (Å²) in [5, 5.41) is 4.33. The summed E-state index contributed by atoms with van der Waals surface area (Å²) in [6.07, 6.45) is 4.70. The maximum absolute atomic E-state index is 13.0. The van der Waals surface area contributed by atoms with E-state index in [4.69, 9.17) is 11.6 Å². The van der Waals surface area contributed by atoms with Crippen molar-refractivity contribution in [3.05, 3.63) is 65.3 Å². The van der Waals surface area contributed by atoms with Crippen molar-refractivity contribution in [3.8, 4) is 0 Å². The van der Waals surface area contributed by atoms with Gasteiger partial charge in [0.05, 0.1) is 4.90 Å². The Morgan fingerprint density at radius 1 is 1.10 bits per heavy atom. The molecule has 1 atom stereocenters. The third kappa shape index (κ3) is 4.49. The first-order chi connectivity index (χ1) is 14.9. The molecule has 31 heavy (non-hydrogen) atoms. The van der Waals surface area contributed by atoms with Crippen molar-refractivity contribution in [1.82, 2.24) is 14.2 Å². The molecule has 1 aliphatic heterocycles. The summed E-state index contributed by atoms with van der Waals surface area (Å²) < 4.78 is 29.4. The molecule has 1 saturated heterocycles. The Morgan fingerprint density at radius 3 is 2.58 bits per heavy atom. The molecule has 1 fully saturated rings. The van der Waals surface area contributed by atoms with Gasteiger partial charge in [0.2, 0.25) is 15.9 Å². The van der Waals surface area contributed by atoms with Crippen molar-refractivity contribution in [3.63, 3.8) is 0 Å². The van der Waals surface area contributed by atoms with E-state index in [1.54, 1.807) is 28.6 Å². The summed E-state index contributed by atoms with van der Waals surface area (Å²) in [7, 11) is -3.49. The fourth-order valence-electron chi connectivity index (χ4n) is 3.99. The zero-order valence-corrected chi connectivity index (χ0v) is 19.0. The van der Waals surface area contributed by atoms with E-state index < -0.39 is 16.1 Å².